The van der Waals surface area contributed by atoms with Crippen molar-refractivity contribution < 1.29 is 14.3 Å². The van der Waals surface area contributed by atoms with Gasteiger partial charge in [-0.25, -0.2) is 0 Å². The molecule has 104 valence electrons. The molecule has 5 nitrogen and oxygen atoms in total. The second-order valence-corrected chi connectivity index (χ2v) is 5.44. The molecular weight excluding hydrogens is 232 g/mol. The van der Waals surface area contributed by atoms with Crippen LogP contribution in [0.25, 0.3) is 0 Å². The average Bonchev–Trinajstić information content (AvgIpc) is 2.94. The molecule has 0 radical (unpaired) electrons. The lowest BCUT2D eigenvalue weighted by Gasteiger charge is -2.20. The number of nitrogens with zero attached hydrogens (tertiary/aromatic N) is 1. The third kappa shape index (κ3) is 3.22. The molecule has 2 aliphatic heterocycles. The lowest BCUT2D eigenvalue weighted by Crippen LogP contribution is -2.40. The molecule has 2 fully saturated rings. The fourth-order valence-electron chi connectivity index (χ4n) is 2.61. The minimum atomic E-state index is -0.246. The van der Waals surface area contributed by atoms with E-state index in [1.165, 1.54) is 0 Å². The van der Waals surface area contributed by atoms with Gasteiger partial charge in [-0.1, -0.05) is 0 Å². The van der Waals surface area contributed by atoms with Crippen LogP contribution in [0.15, 0.2) is 0 Å². The van der Waals surface area contributed by atoms with E-state index in [1.54, 1.807) is 19.0 Å². The van der Waals surface area contributed by atoms with Gasteiger partial charge in [0.25, 0.3) is 5.91 Å². The van der Waals surface area contributed by atoms with E-state index in [1.807, 2.05) is 0 Å². The minimum Gasteiger partial charge on any atom is -0.377 e. The van der Waals surface area contributed by atoms with Gasteiger partial charge in [-0.2, -0.15) is 0 Å². The first kappa shape index (κ1) is 13.8. The summed E-state index contributed by atoms with van der Waals surface area (Å²) in [4.78, 5) is 13.4. The Morgan fingerprint density at radius 2 is 2.11 bits per heavy atom. The number of nitrogens with one attached hydrogen (secondary N) is 1. The highest BCUT2D eigenvalue weighted by Gasteiger charge is 2.32. The highest BCUT2D eigenvalue weighted by Crippen LogP contribution is 2.21. The van der Waals surface area contributed by atoms with Gasteiger partial charge in [0, 0.05) is 33.3 Å². The molecule has 0 bridgehead atoms. The van der Waals surface area contributed by atoms with E-state index in [4.69, 9.17) is 9.47 Å². The number of hydrogen-bond donors (Lipinski definition) is 1. The van der Waals surface area contributed by atoms with Gasteiger partial charge >= 0.3 is 0 Å². The number of amides is 1. The first-order valence-corrected chi connectivity index (χ1v) is 6.79. The van der Waals surface area contributed by atoms with Crippen LogP contribution < -0.4 is 5.32 Å². The standard InChI is InChI=1S/C13H24N2O3/c1-9-11(6-7-17-9)14-8-10-4-5-12(18-10)13(16)15(2)3/h9-12,14H,4-8H2,1-3H3/t9-,10-,11-,12-/m0/s1. The van der Waals surface area contributed by atoms with Gasteiger partial charge in [0.1, 0.15) is 6.10 Å². The van der Waals surface area contributed by atoms with E-state index in [0.717, 1.165) is 32.4 Å². The van der Waals surface area contributed by atoms with Gasteiger partial charge in [0.2, 0.25) is 0 Å². The summed E-state index contributed by atoms with van der Waals surface area (Å²) < 4.78 is 11.3. The zero-order valence-corrected chi connectivity index (χ0v) is 11.5. The van der Waals surface area contributed by atoms with Crippen molar-refractivity contribution in [2.75, 3.05) is 27.2 Å². The van der Waals surface area contributed by atoms with Gasteiger partial charge < -0.3 is 19.7 Å². The van der Waals surface area contributed by atoms with Gasteiger partial charge in [-0.15, -0.1) is 0 Å². The molecule has 0 unspecified atom stereocenters. The Kier molecular flexibility index (Phi) is 4.59. The summed E-state index contributed by atoms with van der Waals surface area (Å²) in [6.07, 6.45) is 3.05. The van der Waals surface area contributed by atoms with Crippen LogP contribution in [0, 0.1) is 0 Å². The van der Waals surface area contributed by atoms with Crippen molar-refractivity contribution in [3.8, 4) is 0 Å². The largest absolute Gasteiger partial charge is 0.377 e. The Bertz CT molecular complexity index is 296. The van der Waals surface area contributed by atoms with Crippen molar-refractivity contribution in [3.05, 3.63) is 0 Å². The molecule has 0 aromatic rings. The Balaban J connectivity index is 1.71. The molecule has 0 aliphatic carbocycles. The van der Waals surface area contributed by atoms with Crippen LogP contribution in [0.1, 0.15) is 26.2 Å². The summed E-state index contributed by atoms with van der Waals surface area (Å²) >= 11 is 0. The van der Waals surface area contributed by atoms with Crippen molar-refractivity contribution in [2.45, 2.75) is 50.5 Å². The van der Waals surface area contributed by atoms with Crippen molar-refractivity contribution in [2.24, 2.45) is 0 Å². The van der Waals surface area contributed by atoms with E-state index >= 15 is 0 Å². The summed E-state index contributed by atoms with van der Waals surface area (Å²) in [5, 5.41) is 3.49. The van der Waals surface area contributed by atoms with Gasteiger partial charge in [-0.05, 0) is 26.2 Å². The smallest absolute Gasteiger partial charge is 0.251 e. The van der Waals surface area contributed by atoms with Crippen LogP contribution >= 0.6 is 0 Å². The van der Waals surface area contributed by atoms with Crippen LogP contribution in [-0.2, 0) is 14.3 Å². The number of rotatable bonds is 4. The van der Waals surface area contributed by atoms with Crippen LogP contribution in [0.2, 0.25) is 0 Å². The molecular formula is C13H24N2O3. The number of carbonyl (C=O) groups is 1. The van der Waals surface area contributed by atoms with Crippen LogP contribution in [-0.4, -0.2) is 62.4 Å². The number of hydrogen-bond acceptors (Lipinski definition) is 4. The van der Waals surface area contributed by atoms with E-state index < -0.39 is 0 Å². The van der Waals surface area contributed by atoms with Gasteiger partial charge in [0.05, 0.1) is 12.2 Å². The topological polar surface area (TPSA) is 50.8 Å². The Labute approximate surface area is 109 Å². The summed E-state index contributed by atoms with van der Waals surface area (Å²) in [7, 11) is 3.55. The molecule has 0 aromatic heterocycles. The lowest BCUT2D eigenvalue weighted by atomic mass is 10.1. The maximum atomic E-state index is 11.8. The zero-order chi connectivity index (χ0) is 13.1. The predicted octanol–water partition coefficient (Wildman–Crippen LogP) is 0.389. The SMILES string of the molecule is C[C@@H]1OCC[C@@H]1NC[C@@H]1CC[C@@H](C(=O)N(C)C)O1. The van der Waals surface area contributed by atoms with Crippen molar-refractivity contribution in [1.29, 1.82) is 0 Å². The second kappa shape index (κ2) is 5.99. The molecule has 0 spiro atoms. The molecule has 0 saturated carbocycles. The van der Waals surface area contributed by atoms with E-state index in [0.29, 0.717) is 6.04 Å². The normalized spacial score (nSPS) is 35.9. The van der Waals surface area contributed by atoms with Crippen LogP contribution in [0.4, 0.5) is 0 Å². The molecule has 5 heteroatoms. The number of ether oxygens (including phenoxy) is 2. The van der Waals surface area contributed by atoms with Crippen molar-refractivity contribution >= 4 is 5.91 Å². The highest BCUT2D eigenvalue weighted by molar-refractivity contribution is 5.80. The van der Waals surface area contributed by atoms with Crippen LogP contribution in [0.3, 0.4) is 0 Å². The summed E-state index contributed by atoms with van der Waals surface area (Å²) in [6, 6.07) is 0.428. The molecule has 0 aromatic carbocycles. The van der Waals surface area contributed by atoms with E-state index in [2.05, 4.69) is 12.2 Å². The van der Waals surface area contributed by atoms with Gasteiger partial charge in [0.15, 0.2) is 0 Å². The third-order valence-electron chi connectivity index (χ3n) is 3.81. The average molecular weight is 256 g/mol. The molecule has 4 atom stereocenters. The minimum absolute atomic E-state index is 0.0788. The highest BCUT2D eigenvalue weighted by atomic mass is 16.5. The van der Waals surface area contributed by atoms with Gasteiger partial charge in [-0.3, -0.25) is 4.79 Å². The summed E-state index contributed by atoms with van der Waals surface area (Å²) in [6.45, 7) is 3.75. The summed E-state index contributed by atoms with van der Waals surface area (Å²) in [5.74, 6) is 0.0788. The summed E-state index contributed by atoms with van der Waals surface area (Å²) in [5.41, 5.74) is 0. The quantitative estimate of drug-likeness (QED) is 0.790. The number of carbonyl (C=O) groups excluding carboxylic acids is 1. The van der Waals surface area contributed by atoms with Crippen molar-refractivity contribution in [3.63, 3.8) is 0 Å². The zero-order valence-electron chi connectivity index (χ0n) is 11.5. The Morgan fingerprint density at radius 3 is 2.72 bits per heavy atom. The predicted molar refractivity (Wildman–Crippen MR) is 68.4 cm³/mol. The molecule has 2 heterocycles. The Hall–Kier alpha value is -0.650. The second-order valence-electron chi connectivity index (χ2n) is 5.44. The molecule has 2 saturated heterocycles. The molecule has 2 aliphatic rings. The fraction of sp³-hybridized carbons (Fsp3) is 0.923. The Morgan fingerprint density at radius 1 is 1.33 bits per heavy atom. The third-order valence-corrected chi connectivity index (χ3v) is 3.81. The monoisotopic (exact) mass is 256 g/mol. The fourth-order valence-corrected chi connectivity index (χ4v) is 2.61. The first-order chi connectivity index (χ1) is 8.58. The maximum Gasteiger partial charge on any atom is 0.251 e. The first-order valence-electron chi connectivity index (χ1n) is 6.79. The molecule has 1 N–H and O–H groups in total. The van der Waals surface area contributed by atoms with E-state index in [-0.39, 0.29) is 24.2 Å². The van der Waals surface area contributed by atoms with Crippen molar-refractivity contribution in [1.82, 2.24) is 10.2 Å². The molecule has 1 amide bonds. The molecule has 18 heavy (non-hydrogen) atoms. The van der Waals surface area contributed by atoms with E-state index in [9.17, 15) is 4.79 Å². The van der Waals surface area contributed by atoms with Crippen LogP contribution in [0.5, 0.6) is 0 Å². The molecule has 2 rings (SSSR count). The lowest BCUT2D eigenvalue weighted by molar-refractivity contribution is -0.140. The number of likely N-dealkylation sites (N-methyl/N-ethyl adjacent to an activating group) is 1. The maximum absolute atomic E-state index is 11.8.